The SMILES string of the molecule is O=[N+]([O-])c1ccc(Cl)nc1Oc1cc(Br)ccc1Cl. The molecule has 2 rings (SSSR count). The Bertz CT molecular complexity index is 652. The van der Waals surface area contributed by atoms with Crippen molar-refractivity contribution < 1.29 is 9.66 Å². The number of halogens is 3. The van der Waals surface area contributed by atoms with Gasteiger partial charge < -0.3 is 4.74 Å². The zero-order valence-corrected chi connectivity index (χ0v) is 12.2. The van der Waals surface area contributed by atoms with Gasteiger partial charge in [0, 0.05) is 10.5 Å². The number of hydrogen-bond donors (Lipinski definition) is 0. The molecule has 0 radical (unpaired) electrons. The Balaban J connectivity index is 2.45. The lowest BCUT2D eigenvalue weighted by molar-refractivity contribution is -0.386. The van der Waals surface area contributed by atoms with Crippen LogP contribution in [0.4, 0.5) is 5.69 Å². The molecule has 8 heteroatoms. The standard InChI is InChI=1S/C11H5BrCl2N2O3/c12-6-1-2-7(13)9(5-6)19-11-8(16(17)18)3-4-10(14)15-11/h1-5H. The normalized spacial score (nSPS) is 10.3. The second kappa shape index (κ2) is 5.73. The fourth-order valence-electron chi connectivity index (χ4n) is 1.28. The van der Waals surface area contributed by atoms with Crippen molar-refractivity contribution in [2.75, 3.05) is 0 Å². The van der Waals surface area contributed by atoms with Crippen molar-refractivity contribution in [3.8, 4) is 11.6 Å². The van der Waals surface area contributed by atoms with E-state index in [1.807, 2.05) is 0 Å². The number of pyridine rings is 1. The number of nitro groups is 1. The fraction of sp³-hybridized carbons (Fsp3) is 0. The molecule has 19 heavy (non-hydrogen) atoms. The second-order valence-electron chi connectivity index (χ2n) is 3.39. The molecule has 1 aromatic carbocycles. The lowest BCUT2D eigenvalue weighted by atomic mass is 10.3. The average Bonchev–Trinajstić information content (AvgIpc) is 2.33. The Kier molecular flexibility index (Phi) is 4.24. The van der Waals surface area contributed by atoms with Gasteiger partial charge in [-0.15, -0.1) is 0 Å². The molecule has 0 saturated carbocycles. The van der Waals surface area contributed by atoms with E-state index in [0.29, 0.717) is 5.02 Å². The summed E-state index contributed by atoms with van der Waals surface area (Å²) in [5.41, 5.74) is -0.291. The molecule has 0 saturated heterocycles. The summed E-state index contributed by atoms with van der Waals surface area (Å²) >= 11 is 14.9. The number of ether oxygens (including phenoxy) is 1. The highest BCUT2D eigenvalue weighted by Gasteiger charge is 2.19. The van der Waals surface area contributed by atoms with E-state index in [2.05, 4.69) is 20.9 Å². The minimum Gasteiger partial charge on any atom is -0.432 e. The van der Waals surface area contributed by atoms with Crippen molar-refractivity contribution in [3.05, 3.63) is 55.1 Å². The van der Waals surface area contributed by atoms with Crippen LogP contribution in [-0.2, 0) is 0 Å². The molecule has 2 aromatic rings. The zero-order chi connectivity index (χ0) is 14.0. The van der Waals surface area contributed by atoms with Gasteiger partial charge in [-0.25, -0.2) is 0 Å². The molecule has 0 aliphatic heterocycles. The van der Waals surface area contributed by atoms with E-state index in [1.54, 1.807) is 18.2 Å². The topological polar surface area (TPSA) is 65.3 Å². The van der Waals surface area contributed by atoms with Crippen LogP contribution in [-0.4, -0.2) is 9.91 Å². The molecule has 0 bridgehead atoms. The van der Waals surface area contributed by atoms with Crippen LogP contribution < -0.4 is 4.74 Å². The number of hydrogen-bond acceptors (Lipinski definition) is 4. The second-order valence-corrected chi connectivity index (χ2v) is 5.10. The molecule has 1 heterocycles. The summed E-state index contributed by atoms with van der Waals surface area (Å²) in [5.74, 6) is 0.0337. The van der Waals surface area contributed by atoms with Crippen molar-refractivity contribution in [2.45, 2.75) is 0 Å². The van der Waals surface area contributed by atoms with Gasteiger partial charge in [0.2, 0.25) is 0 Å². The van der Waals surface area contributed by atoms with E-state index < -0.39 is 4.92 Å². The van der Waals surface area contributed by atoms with Crippen LogP contribution in [0.5, 0.6) is 11.6 Å². The van der Waals surface area contributed by atoms with Crippen molar-refractivity contribution in [2.24, 2.45) is 0 Å². The maximum Gasteiger partial charge on any atom is 0.331 e. The highest BCUT2D eigenvalue weighted by Crippen LogP contribution is 2.35. The summed E-state index contributed by atoms with van der Waals surface area (Å²) in [6, 6.07) is 7.42. The van der Waals surface area contributed by atoms with Crippen LogP contribution in [0.25, 0.3) is 0 Å². The van der Waals surface area contributed by atoms with Crippen molar-refractivity contribution in [3.63, 3.8) is 0 Å². The molecule has 0 unspecified atom stereocenters. The summed E-state index contributed by atoms with van der Waals surface area (Å²) in [4.78, 5) is 14.1. The first-order chi connectivity index (χ1) is 8.97. The van der Waals surface area contributed by atoms with Crippen LogP contribution in [0.3, 0.4) is 0 Å². The predicted octanol–water partition coefficient (Wildman–Crippen LogP) is 4.85. The quantitative estimate of drug-likeness (QED) is 0.444. The van der Waals surface area contributed by atoms with Gasteiger partial charge in [0.25, 0.3) is 0 Å². The molecule has 0 N–H and O–H groups in total. The zero-order valence-electron chi connectivity index (χ0n) is 9.14. The van der Waals surface area contributed by atoms with E-state index in [9.17, 15) is 10.1 Å². The van der Waals surface area contributed by atoms with E-state index in [-0.39, 0.29) is 22.5 Å². The summed E-state index contributed by atoms with van der Waals surface area (Å²) in [6.07, 6.45) is 0. The maximum absolute atomic E-state index is 10.9. The molecule has 0 aliphatic carbocycles. The number of rotatable bonds is 3. The number of nitrogens with zero attached hydrogens (tertiary/aromatic N) is 2. The summed E-state index contributed by atoms with van der Waals surface area (Å²) in [6.45, 7) is 0. The molecular formula is C11H5BrCl2N2O3. The first-order valence-corrected chi connectivity index (χ1v) is 6.46. The number of aromatic nitrogens is 1. The monoisotopic (exact) mass is 362 g/mol. The van der Waals surface area contributed by atoms with Gasteiger partial charge in [0.15, 0.2) is 0 Å². The van der Waals surface area contributed by atoms with Gasteiger partial charge in [0.05, 0.1) is 9.95 Å². The largest absolute Gasteiger partial charge is 0.432 e. The Morgan fingerprint density at radius 1 is 1.26 bits per heavy atom. The van der Waals surface area contributed by atoms with Crippen LogP contribution in [0, 0.1) is 10.1 Å². The average molecular weight is 364 g/mol. The van der Waals surface area contributed by atoms with Gasteiger partial charge in [-0.3, -0.25) is 10.1 Å². The molecule has 0 aliphatic rings. The van der Waals surface area contributed by atoms with Gasteiger partial charge in [-0.05, 0) is 24.3 Å². The molecular weight excluding hydrogens is 359 g/mol. The Morgan fingerprint density at radius 3 is 2.68 bits per heavy atom. The van der Waals surface area contributed by atoms with Crippen LogP contribution in [0.15, 0.2) is 34.8 Å². The Hall–Kier alpha value is -1.37. The molecule has 5 nitrogen and oxygen atoms in total. The molecule has 0 atom stereocenters. The summed E-state index contributed by atoms with van der Waals surface area (Å²) < 4.78 is 6.08. The minimum absolute atomic E-state index is 0.0896. The maximum atomic E-state index is 10.9. The fourth-order valence-corrected chi connectivity index (χ4v) is 1.92. The third kappa shape index (κ3) is 3.34. The van der Waals surface area contributed by atoms with Gasteiger partial charge in [-0.2, -0.15) is 4.98 Å². The van der Waals surface area contributed by atoms with Crippen LogP contribution in [0.2, 0.25) is 10.2 Å². The number of benzene rings is 1. The predicted molar refractivity (Wildman–Crippen MR) is 75.1 cm³/mol. The Labute approximate surface area is 126 Å². The van der Waals surface area contributed by atoms with E-state index >= 15 is 0 Å². The molecule has 0 spiro atoms. The molecule has 0 amide bonds. The van der Waals surface area contributed by atoms with Gasteiger partial charge >= 0.3 is 11.6 Å². The van der Waals surface area contributed by atoms with E-state index in [4.69, 9.17) is 27.9 Å². The van der Waals surface area contributed by atoms with Crippen molar-refractivity contribution in [1.29, 1.82) is 0 Å². The molecule has 1 aromatic heterocycles. The lowest BCUT2D eigenvalue weighted by Crippen LogP contribution is -1.96. The highest BCUT2D eigenvalue weighted by molar-refractivity contribution is 9.10. The highest BCUT2D eigenvalue weighted by atomic mass is 79.9. The summed E-state index contributed by atoms with van der Waals surface area (Å²) in [7, 11) is 0. The molecule has 98 valence electrons. The van der Waals surface area contributed by atoms with E-state index in [1.165, 1.54) is 12.1 Å². The third-order valence-electron chi connectivity index (χ3n) is 2.10. The van der Waals surface area contributed by atoms with Crippen LogP contribution in [0.1, 0.15) is 0 Å². The minimum atomic E-state index is -0.607. The first kappa shape index (κ1) is 14.0. The van der Waals surface area contributed by atoms with Gasteiger partial charge in [0.1, 0.15) is 10.9 Å². The molecule has 0 fully saturated rings. The van der Waals surface area contributed by atoms with Crippen molar-refractivity contribution >= 4 is 44.8 Å². The third-order valence-corrected chi connectivity index (χ3v) is 3.12. The smallest absolute Gasteiger partial charge is 0.331 e. The van der Waals surface area contributed by atoms with E-state index in [0.717, 1.165) is 4.47 Å². The van der Waals surface area contributed by atoms with Crippen LogP contribution >= 0.6 is 39.1 Å². The lowest BCUT2D eigenvalue weighted by Gasteiger charge is -2.07. The van der Waals surface area contributed by atoms with Crippen molar-refractivity contribution in [1.82, 2.24) is 4.98 Å². The van der Waals surface area contributed by atoms with Gasteiger partial charge in [-0.1, -0.05) is 39.1 Å². The Morgan fingerprint density at radius 2 is 2.00 bits per heavy atom. The first-order valence-electron chi connectivity index (χ1n) is 4.91. The summed E-state index contributed by atoms with van der Waals surface area (Å²) in [5, 5.41) is 11.3.